The van der Waals surface area contributed by atoms with Gasteiger partial charge < -0.3 is 5.32 Å². The number of anilines is 1. The van der Waals surface area contributed by atoms with Gasteiger partial charge in [0.1, 0.15) is 5.92 Å². The summed E-state index contributed by atoms with van der Waals surface area (Å²) >= 11 is 0. The summed E-state index contributed by atoms with van der Waals surface area (Å²) in [7, 11) is 0. The van der Waals surface area contributed by atoms with E-state index < -0.39 is 11.8 Å². The molecule has 2 amide bonds. The summed E-state index contributed by atoms with van der Waals surface area (Å²) in [4.78, 5) is 22.7. The quantitative estimate of drug-likeness (QED) is 0.247. The Kier molecular flexibility index (Phi) is 1.94. The van der Waals surface area contributed by atoms with Crippen LogP contribution in [0.3, 0.4) is 0 Å². The van der Waals surface area contributed by atoms with E-state index >= 15 is 0 Å². The maximum Gasteiger partial charge on any atom is 0.251 e. The van der Waals surface area contributed by atoms with E-state index in [1.54, 1.807) is 24.3 Å². The third-order valence-corrected chi connectivity index (χ3v) is 2.20. The molecular weight excluding hydrogens is 182 g/mol. The molecule has 0 bridgehead atoms. The van der Waals surface area contributed by atoms with E-state index in [0.717, 1.165) is 0 Å². The van der Waals surface area contributed by atoms with Crippen molar-refractivity contribution in [3.63, 3.8) is 0 Å². The van der Waals surface area contributed by atoms with Crippen molar-refractivity contribution < 1.29 is 9.59 Å². The van der Waals surface area contributed by atoms with Crippen molar-refractivity contribution in [1.82, 2.24) is 5.43 Å². The van der Waals surface area contributed by atoms with Crippen LogP contribution in [0.5, 0.6) is 0 Å². The Morgan fingerprint density at radius 3 is 2.86 bits per heavy atom. The van der Waals surface area contributed by atoms with Crippen LogP contribution in [-0.4, -0.2) is 11.8 Å². The molecule has 1 unspecified atom stereocenters. The highest BCUT2D eigenvalue weighted by atomic mass is 16.2. The number of fused-ring (bicyclic) bond motifs is 1. The van der Waals surface area contributed by atoms with E-state index in [-0.39, 0.29) is 5.91 Å². The van der Waals surface area contributed by atoms with Gasteiger partial charge in [0, 0.05) is 5.69 Å². The molecule has 4 N–H and O–H groups in total. The van der Waals surface area contributed by atoms with Gasteiger partial charge in [-0.1, -0.05) is 18.2 Å². The lowest BCUT2D eigenvalue weighted by atomic mass is 10.0. The molecule has 72 valence electrons. The summed E-state index contributed by atoms with van der Waals surface area (Å²) in [5.41, 5.74) is 3.32. The average Bonchev–Trinajstić information content (AvgIpc) is 2.53. The number of rotatable bonds is 1. The SMILES string of the molecule is NNC(=O)C1C(=O)Nc2ccccc21. The highest BCUT2D eigenvalue weighted by molar-refractivity contribution is 6.16. The van der Waals surface area contributed by atoms with Gasteiger partial charge in [-0.05, 0) is 11.6 Å². The normalized spacial score (nSPS) is 18.6. The van der Waals surface area contributed by atoms with Crippen LogP contribution >= 0.6 is 0 Å². The second kappa shape index (κ2) is 3.12. The molecule has 1 atom stereocenters. The number of nitrogens with two attached hydrogens (primary N) is 1. The number of benzene rings is 1. The number of hydrogen-bond acceptors (Lipinski definition) is 3. The minimum atomic E-state index is -0.823. The molecule has 1 aliphatic heterocycles. The largest absolute Gasteiger partial charge is 0.325 e. The molecule has 5 heteroatoms. The highest BCUT2D eigenvalue weighted by Crippen LogP contribution is 2.31. The molecule has 0 aromatic heterocycles. The zero-order valence-electron chi connectivity index (χ0n) is 7.28. The molecule has 0 spiro atoms. The van der Waals surface area contributed by atoms with Crippen molar-refractivity contribution in [3.05, 3.63) is 29.8 Å². The van der Waals surface area contributed by atoms with Crippen LogP contribution in [0.25, 0.3) is 0 Å². The molecule has 1 heterocycles. The minimum Gasteiger partial charge on any atom is -0.325 e. The summed E-state index contributed by atoms with van der Waals surface area (Å²) in [6.07, 6.45) is 0. The Morgan fingerprint density at radius 1 is 1.43 bits per heavy atom. The fourth-order valence-corrected chi connectivity index (χ4v) is 1.55. The Labute approximate surface area is 80.3 Å². The molecule has 1 aliphatic rings. The first-order valence-electron chi connectivity index (χ1n) is 4.14. The maximum atomic E-state index is 11.4. The smallest absolute Gasteiger partial charge is 0.251 e. The molecule has 0 saturated heterocycles. The third-order valence-electron chi connectivity index (χ3n) is 2.20. The Hall–Kier alpha value is -1.88. The van der Waals surface area contributed by atoms with Gasteiger partial charge in [0.05, 0.1) is 0 Å². The summed E-state index contributed by atoms with van der Waals surface area (Å²) < 4.78 is 0. The van der Waals surface area contributed by atoms with Crippen LogP contribution in [0.15, 0.2) is 24.3 Å². The van der Waals surface area contributed by atoms with Crippen molar-refractivity contribution >= 4 is 17.5 Å². The van der Waals surface area contributed by atoms with Gasteiger partial charge in [-0.25, -0.2) is 5.84 Å². The lowest BCUT2D eigenvalue weighted by Gasteiger charge is -2.05. The van der Waals surface area contributed by atoms with Crippen LogP contribution in [0.4, 0.5) is 5.69 Å². The van der Waals surface area contributed by atoms with Crippen molar-refractivity contribution in [3.8, 4) is 0 Å². The Bertz CT molecular complexity index is 395. The molecule has 0 saturated carbocycles. The van der Waals surface area contributed by atoms with Crippen molar-refractivity contribution in [2.45, 2.75) is 5.92 Å². The first-order chi connectivity index (χ1) is 6.74. The first kappa shape index (κ1) is 8.71. The highest BCUT2D eigenvalue weighted by Gasteiger charge is 2.35. The summed E-state index contributed by atoms with van der Waals surface area (Å²) in [6, 6.07) is 7.04. The lowest BCUT2D eigenvalue weighted by Crippen LogP contribution is -2.37. The number of carbonyl (C=O) groups is 2. The van der Waals surface area contributed by atoms with Gasteiger partial charge in [-0.15, -0.1) is 0 Å². The molecule has 1 aromatic carbocycles. The number of para-hydroxylation sites is 1. The zero-order valence-corrected chi connectivity index (χ0v) is 7.28. The fourth-order valence-electron chi connectivity index (χ4n) is 1.55. The summed E-state index contributed by atoms with van der Waals surface area (Å²) in [5.74, 6) is 3.34. The van der Waals surface area contributed by atoms with Gasteiger partial charge in [-0.2, -0.15) is 0 Å². The minimum absolute atomic E-state index is 0.339. The lowest BCUT2D eigenvalue weighted by molar-refractivity contribution is -0.128. The van der Waals surface area contributed by atoms with Gasteiger partial charge in [0.25, 0.3) is 5.91 Å². The van der Waals surface area contributed by atoms with Crippen molar-refractivity contribution in [1.29, 1.82) is 0 Å². The van der Waals surface area contributed by atoms with Gasteiger partial charge >= 0.3 is 0 Å². The molecule has 5 nitrogen and oxygen atoms in total. The number of amides is 2. The van der Waals surface area contributed by atoms with Crippen LogP contribution in [0, 0.1) is 0 Å². The average molecular weight is 191 g/mol. The van der Waals surface area contributed by atoms with Gasteiger partial charge in [-0.3, -0.25) is 15.0 Å². The zero-order chi connectivity index (χ0) is 10.1. The summed E-state index contributed by atoms with van der Waals surface area (Å²) in [6.45, 7) is 0. The maximum absolute atomic E-state index is 11.4. The van der Waals surface area contributed by atoms with Gasteiger partial charge in [0.2, 0.25) is 5.91 Å². The number of nitrogens with one attached hydrogen (secondary N) is 2. The Balaban J connectivity index is 2.44. The van der Waals surface area contributed by atoms with E-state index in [4.69, 9.17) is 5.84 Å². The van der Waals surface area contributed by atoms with E-state index in [1.165, 1.54) is 0 Å². The molecule has 0 fully saturated rings. The van der Waals surface area contributed by atoms with Crippen molar-refractivity contribution in [2.75, 3.05) is 5.32 Å². The van der Waals surface area contributed by atoms with Crippen LogP contribution < -0.4 is 16.6 Å². The molecule has 0 radical (unpaired) electrons. The van der Waals surface area contributed by atoms with E-state index in [1.807, 2.05) is 5.43 Å². The standard InChI is InChI=1S/C9H9N3O2/c10-12-9(14)7-5-3-1-2-4-6(5)11-8(7)13/h1-4,7H,10H2,(H,11,13)(H,12,14). The second-order valence-corrected chi connectivity index (χ2v) is 3.02. The molecular formula is C9H9N3O2. The molecule has 14 heavy (non-hydrogen) atoms. The predicted molar refractivity (Wildman–Crippen MR) is 50.1 cm³/mol. The fraction of sp³-hybridized carbons (Fsp3) is 0.111. The topological polar surface area (TPSA) is 84.2 Å². The number of carbonyl (C=O) groups excluding carboxylic acids is 2. The molecule has 2 rings (SSSR count). The van der Waals surface area contributed by atoms with E-state index in [0.29, 0.717) is 11.3 Å². The van der Waals surface area contributed by atoms with Crippen LogP contribution in [0.1, 0.15) is 11.5 Å². The predicted octanol–water partition coefficient (Wildman–Crippen LogP) is -0.288. The van der Waals surface area contributed by atoms with Gasteiger partial charge in [0.15, 0.2) is 0 Å². The summed E-state index contributed by atoms with van der Waals surface area (Å²) in [5, 5.41) is 2.61. The molecule has 1 aromatic rings. The monoisotopic (exact) mass is 191 g/mol. The third kappa shape index (κ3) is 1.14. The van der Waals surface area contributed by atoms with Crippen LogP contribution in [-0.2, 0) is 9.59 Å². The Morgan fingerprint density at radius 2 is 2.14 bits per heavy atom. The van der Waals surface area contributed by atoms with E-state index in [2.05, 4.69) is 5.32 Å². The van der Waals surface area contributed by atoms with Crippen LogP contribution in [0.2, 0.25) is 0 Å². The number of hydrogen-bond donors (Lipinski definition) is 3. The number of hydrazine groups is 1. The van der Waals surface area contributed by atoms with Crippen molar-refractivity contribution in [2.24, 2.45) is 5.84 Å². The van der Waals surface area contributed by atoms with E-state index in [9.17, 15) is 9.59 Å². The second-order valence-electron chi connectivity index (χ2n) is 3.02. The molecule has 0 aliphatic carbocycles. The first-order valence-corrected chi connectivity index (χ1v) is 4.14.